The number of nitrogens with one attached hydrogen (secondary N) is 1. The highest BCUT2D eigenvalue weighted by Crippen LogP contribution is 2.61. The van der Waals surface area contributed by atoms with E-state index in [0.29, 0.717) is 33.9 Å². The Bertz CT molecular complexity index is 601. The first-order valence-electron chi connectivity index (χ1n) is 10.3. The van der Waals surface area contributed by atoms with Crippen molar-refractivity contribution in [3.05, 3.63) is 27.7 Å². The van der Waals surface area contributed by atoms with Crippen molar-refractivity contribution >= 4 is 23.2 Å². The first kappa shape index (κ1) is 18.9. The van der Waals surface area contributed by atoms with Crippen LogP contribution in [0.25, 0.3) is 0 Å². The lowest BCUT2D eigenvalue weighted by atomic mass is 9.48. The molecule has 0 saturated heterocycles. The molecule has 0 heterocycles. The Morgan fingerprint density at radius 3 is 2.12 bits per heavy atom. The van der Waals surface area contributed by atoms with E-state index in [0.717, 1.165) is 36.3 Å². The Morgan fingerprint density at radius 1 is 1.08 bits per heavy atom. The second-order valence-corrected chi connectivity index (χ2v) is 9.93. The van der Waals surface area contributed by atoms with Gasteiger partial charge in [0.05, 0.1) is 16.7 Å². The lowest BCUT2D eigenvalue weighted by molar-refractivity contribution is -0.0706. The number of ether oxygens (including phenoxy) is 1. The zero-order chi connectivity index (χ0) is 18.3. The minimum Gasteiger partial charge on any atom is -0.490 e. The van der Waals surface area contributed by atoms with Crippen LogP contribution in [0, 0.1) is 23.2 Å². The molecular formula is C22H31Cl2NO. The maximum absolute atomic E-state index is 6.41. The summed E-state index contributed by atoms with van der Waals surface area (Å²) in [6.45, 7) is 5.93. The van der Waals surface area contributed by atoms with Crippen molar-refractivity contribution in [2.75, 3.05) is 6.61 Å². The molecule has 2 nitrogen and oxygen atoms in total. The molecule has 0 radical (unpaired) electrons. The van der Waals surface area contributed by atoms with Gasteiger partial charge in [0, 0.05) is 12.6 Å². The van der Waals surface area contributed by atoms with Crippen molar-refractivity contribution in [1.29, 1.82) is 0 Å². The highest BCUT2D eigenvalue weighted by atomic mass is 35.5. The van der Waals surface area contributed by atoms with Gasteiger partial charge in [0.1, 0.15) is 0 Å². The Kier molecular flexibility index (Phi) is 5.47. The third-order valence-corrected chi connectivity index (χ3v) is 7.69. The number of hydrogen-bond acceptors (Lipinski definition) is 2. The summed E-state index contributed by atoms with van der Waals surface area (Å²) in [5.41, 5.74) is 1.66. The molecule has 4 fully saturated rings. The van der Waals surface area contributed by atoms with Crippen LogP contribution >= 0.6 is 23.2 Å². The summed E-state index contributed by atoms with van der Waals surface area (Å²) in [6, 6.07) is 4.54. The molecule has 4 bridgehead atoms. The van der Waals surface area contributed by atoms with Gasteiger partial charge in [-0.3, -0.25) is 0 Å². The monoisotopic (exact) mass is 395 g/mol. The summed E-state index contributed by atoms with van der Waals surface area (Å²) in [4.78, 5) is 0. The molecule has 4 aliphatic rings. The molecule has 144 valence electrons. The van der Waals surface area contributed by atoms with Crippen LogP contribution in [0.1, 0.15) is 64.4 Å². The molecule has 0 amide bonds. The molecule has 4 aliphatic carbocycles. The van der Waals surface area contributed by atoms with E-state index < -0.39 is 0 Å². The number of benzene rings is 1. The number of halogens is 2. The smallest absolute Gasteiger partial charge is 0.156 e. The first-order chi connectivity index (χ1) is 12.5. The highest BCUT2D eigenvalue weighted by Gasteiger charge is 2.52. The SMILES string of the molecule is CCCOc1c(Cl)cc(CNC(C)C23CC4CC(CC(C4)C2)C3)cc1Cl. The Morgan fingerprint density at radius 2 is 1.62 bits per heavy atom. The third-order valence-electron chi connectivity index (χ3n) is 7.13. The lowest BCUT2D eigenvalue weighted by Crippen LogP contribution is -2.54. The fourth-order valence-corrected chi connectivity index (χ4v) is 6.89. The molecular weight excluding hydrogens is 365 g/mol. The normalized spacial score (nSPS) is 33.5. The highest BCUT2D eigenvalue weighted by molar-refractivity contribution is 6.37. The van der Waals surface area contributed by atoms with Gasteiger partial charge in [-0.05, 0) is 92.7 Å². The average molecular weight is 396 g/mol. The Labute approximate surface area is 168 Å². The molecule has 5 rings (SSSR count). The van der Waals surface area contributed by atoms with Crippen LogP contribution in [0.15, 0.2) is 12.1 Å². The molecule has 1 aromatic rings. The van der Waals surface area contributed by atoms with Crippen molar-refractivity contribution in [2.24, 2.45) is 23.2 Å². The molecule has 1 atom stereocenters. The summed E-state index contributed by atoms with van der Waals surface area (Å²) in [6.07, 6.45) is 9.72. The Balaban J connectivity index is 1.41. The lowest BCUT2D eigenvalue weighted by Gasteiger charge is -2.59. The summed E-state index contributed by atoms with van der Waals surface area (Å²) < 4.78 is 5.68. The van der Waals surface area contributed by atoms with Gasteiger partial charge in [0.2, 0.25) is 0 Å². The van der Waals surface area contributed by atoms with Gasteiger partial charge in [0.15, 0.2) is 5.75 Å². The number of hydrogen-bond donors (Lipinski definition) is 1. The van der Waals surface area contributed by atoms with Gasteiger partial charge < -0.3 is 10.1 Å². The van der Waals surface area contributed by atoms with Gasteiger partial charge in [-0.15, -0.1) is 0 Å². The van der Waals surface area contributed by atoms with E-state index in [1.165, 1.54) is 38.5 Å². The molecule has 1 unspecified atom stereocenters. The van der Waals surface area contributed by atoms with E-state index >= 15 is 0 Å². The van der Waals surface area contributed by atoms with Crippen molar-refractivity contribution in [1.82, 2.24) is 5.32 Å². The third kappa shape index (κ3) is 3.62. The van der Waals surface area contributed by atoms with Crippen LogP contribution in [0.3, 0.4) is 0 Å². The molecule has 0 aliphatic heterocycles. The van der Waals surface area contributed by atoms with Crippen molar-refractivity contribution in [2.45, 2.75) is 71.4 Å². The van der Waals surface area contributed by atoms with E-state index in [1.54, 1.807) is 0 Å². The molecule has 4 heteroatoms. The molecule has 1 N–H and O–H groups in total. The molecule has 0 aromatic heterocycles. The van der Waals surface area contributed by atoms with Gasteiger partial charge in [-0.2, -0.15) is 0 Å². The second kappa shape index (κ2) is 7.53. The molecule has 0 spiro atoms. The number of rotatable bonds is 7. The van der Waals surface area contributed by atoms with Crippen LogP contribution < -0.4 is 10.1 Å². The van der Waals surface area contributed by atoms with Crippen LogP contribution in [0.4, 0.5) is 0 Å². The topological polar surface area (TPSA) is 21.3 Å². The van der Waals surface area contributed by atoms with Crippen LogP contribution in [-0.2, 0) is 6.54 Å². The summed E-state index contributed by atoms with van der Waals surface area (Å²) >= 11 is 12.8. The van der Waals surface area contributed by atoms with Gasteiger partial charge in [-0.1, -0.05) is 30.1 Å². The largest absolute Gasteiger partial charge is 0.490 e. The van der Waals surface area contributed by atoms with Gasteiger partial charge >= 0.3 is 0 Å². The molecule has 1 aromatic carbocycles. The van der Waals surface area contributed by atoms with Gasteiger partial charge in [-0.25, -0.2) is 0 Å². The fraction of sp³-hybridized carbons (Fsp3) is 0.727. The van der Waals surface area contributed by atoms with Crippen LogP contribution in [-0.4, -0.2) is 12.6 Å². The average Bonchev–Trinajstić information content (AvgIpc) is 2.58. The zero-order valence-electron chi connectivity index (χ0n) is 16.0. The van der Waals surface area contributed by atoms with Crippen molar-refractivity contribution in [3.8, 4) is 5.75 Å². The molecule has 26 heavy (non-hydrogen) atoms. The summed E-state index contributed by atoms with van der Waals surface area (Å²) in [5.74, 6) is 3.59. The van der Waals surface area contributed by atoms with E-state index in [4.69, 9.17) is 27.9 Å². The summed E-state index contributed by atoms with van der Waals surface area (Å²) in [7, 11) is 0. The van der Waals surface area contributed by atoms with E-state index in [1.807, 2.05) is 12.1 Å². The second-order valence-electron chi connectivity index (χ2n) is 9.12. The van der Waals surface area contributed by atoms with Gasteiger partial charge in [0.25, 0.3) is 0 Å². The van der Waals surface area contributed by atoms with Crippen molar-refractivity contribution in [3.63, 3.8) is 0 Å². The fourth-order valence-electron chi connectivity index (χ4n) is 6.25. The maximum atomic E-state index is 6.41. The molecule has 4 saturated carbocycles. The maximum Gasteiger partial charge on any atom is 0.156 e. The predicted molar refractivity (Wildman–Crippen MR) is 109 cm³/mol. The van der Waals surface area contributed by atoms with E-state index in [-0.39, 0.29) is 0 Å². The van der Waals surface area contributed by atoms with Crippen molar-refractivity contribution < 1.29 is 4.74 Å². The minimum absolute atomic E-state index is 0.520. The Hall–Kier alpha value is -0.440. The summed E-state index contributed by atoms with van der Waals surface area (Å²) in [5, 5.41) is 5.05. The van der Waals surface area contributed by atoms with E-state index in [2.05, 4.69) is 19.2 Å². The van der Waals surface area contributed by atoms with Crippen LogP contribution in [0.5, 0.6) is 5.75 Å². The van der Waals surface area contributed by atoms with Crippen LogP contribution in [0.2, 0.25) is 10.0 Å². The van der Waals surface area contributed by atoms with E-state index in [9.17, 15) is 0 Å². The quantitative estimate of drug-likeness (QED) is 0.570. The minimum atomic E-state index is 0.520. The standard InChI is InChI=1S/C22H31Cl2NO/c1-3-4-26-21-19(23)8-18(9-20(21)24)13-25-14(2)22-10-15-5-16(11-22)7-17(6-15)12-22/h8-9,14-17,25H,3-7,10-13H2,1-2H3. The predicted octanol–water partition coefficient (Wildman–Crippen LogP) is 6.48. The first-order valence-corrected chi connectivity index (χ1v) is 11.1. The zero-order valence-corrected chi connectivity index (χ0v) is 17.5.